The third-order valence-corrected chi connectivity index (χ3v) is 5.63. The Balaban J connectivity index is 1.28. The Hall–Kier alpha value is -2.41. The van der Waals surface area contributed by atoms with E-state index in [2.05, 4.69) is 46.1 Å². The summed E-state index contributed by atoms with van der Waals surface area (Å²) in [5, 5.41) is 0. The second-order valence-corrected chi connectivity index (χ2v) is 7.49. The van der Waals surface area contributed by atoms with Crippen LogP contribution in [0.2, 0.25) is 0 Å². The molecule has 2 aliphatic heterocycles. The molecule has 0 aromatic heterocycles. The molecule has 2 aromatic carbocycles. The van der Waals surface area contributed by atoms with Crippen molar-refractivity contribution < 1.29 is 9.53 Å². The van der Waals surface area contributed by atoms with E-state index >= 15 is 0 Å². The van der Waals surface area contributed by atoms with Crippen molar-refractivity contribution in [1.29, 1.82) is 0 Å². The van der Waals surface area contributed by atoms with E-state index in [9.17, 15) is 4.79 Å². The molecule has 2 unspecified atom stereocenters. The van der Waals surface area contributed by atoms with Crippen LogP contribution in [0.4, 0.5) is 0 Å². The molecular formula is C22H28N4O2. The lowest BCUT2D eigenvalue weighted by atomic mass is 10.0. The molecule has 0 radical (unpaired) electrons. The minimum atomic E-state index is -0.183. The number of rotatable bonds is 5. The summed E-state index contributed by atoms with van der Waals surface area (Å²) >= 11 is 0. The molecule has 2 saturated heterocycles. The van der Waals surface area contributed by atoms with E-state index in [4.69, 9.17) is 4.74 Å². The van der Waals surface area contributed by atoms with Gasteiger partial charge in [0.1, 0.15) is 11.8 Å². The summed E-state index contributed by atoms with van der Waals surface area (Å²) in [7, 11) is 1.67. The number of hydrazine groups is 1. The van der Waals surface area contributed by atoms with Crippen LogP contribution in [-0.2, 0) is 11.3 Å². The van der Waals surface area contributed by atoms with E-state index in [0.717, 1.165) is 50.5 Å². The fraction of sp³-hybridized carbons (Fsp3) is 0.409. The van der Waals surface area contributed by atoms with Crippen LogP contribution in [0.25, 0.3) is 0 Å². The maximum absolute atomic E-state index is 12.9. The van der Waals surface area contributed by atoms with Gasteiger partial charge in [0, 0.05) is 38.8 Å². The minimum absolute atomic E-state index is 0.114. The third kappa shape index (κ3) is 4.35. The van der Waals surface area contributed by atoms with Crippen molar-refractivity contribution in [3.05, 3.63) is 65.7 Å². The molecule has 6 nitrogen and oxygen atoms in total. The number of hydrogen-bond donors (Lipinski definition) is 2. The lowest BCUT2D eigenvalue weighted by Crippen LogP contribution is -2.53. The Bertz CT molecular complexity index is 790. The number of carbonyl (C=O) groups excluding carboxylic acids is 1. The Morgan fingerprint density at radius 1 is 1.04 bits per heavy atom. The number of ether oxygens (including phenoxy) is 1. The van der Waals surface area contributed by atoms with E-state index in [0.29, 0.717) is 0 Å². The minimum Gasteiger partial charge on any atom is -0.497 e. The van der Waals surface area contributed by atoms with Gasteiger partial charge >= 0.3 is 0 Å². The van der Waals surface area contributed by atoms with Crippen LogP contribution in [0.3, 0.4) is 0 Å². The molecule has 148 valence electrons. The highest BCUT2D eigenvalue weighted by molar-refractivity contribution is 5.82. The highest BCUT2D eigenvalue weighted by Crippen LogP contribution is 2.26. The molecule has 2 aliphatic rings. The standard InChI is InChI=1S/C22H28N4O2/c1-28-19-9-5-8-18(14-19)20-15-21(24-23-20)22(27)26-12-10-25(11-13-26)16-17-6-3-2-4-7-17/h2-9,14,20-21,23-24H,10-13,15-16H2,1H3. The van der Waals surface area contributed by atoms with Crippen molar-refractivity contribution >= 4 is 5.91 Å². The van der Waals surface area contributed by atoms with Gasteiger partial charge in [0.05, 0.1) is 7.11 Å². The van der Waals surface area contributed by atoms with Gasteiger partial charge in [0.2, 0.25) is 5.91 Å². The summed E-state index contributed by atoms with van der Waals surface area (Å²) in [6, 6.07) is 18.4. The molecule has 0 bridgehead atoms. The molecule has 0 spiro atoms. The fourth-order valence-corrected chi connectivity index (χ4v) is 3.98. The van der Waals surface area contributed by atoms with Crippen LogP contribution < -0.4 is 15.6 Å². The van der Waals surface area contributed by atoms with Gasteiger partial charge in [0.15, 0.2) is 0 Å². The maximum Gasteiger partial charge on any atom is 0.241 e. The molecule has 2 heterocycles. The van der Waals surface area contributed by atoms with Crippen LogP contribution in [-0.4, -0.2) is 55.0 Å². The zero-order chi connectivity index (χ0) is 19.3. The van der Waals surface area contributed by atoms with E-state index in [1.807, 2.05) is 29.2 Å². The first-order valence-electron chi connectivity index (χ1n) is 9.93. The SMILES string of the molecule is COc1cccc(C2CC(C(=O)N3CCN(Cc4ccccc4)CC3)NN2)c1. The molecule has 4 rings (SSSR count). The summed E-state index contributed by atoms with van der Waals surface area (Å²) in [6.07, 6.45) is 0.746. The average molecular weight is 380 g/mol. The lowest BCUT2D eigenvalue weighted by Gasteiger charge is -2.35. The molecule has 2 fully saturated rings. The van der Waals surface area contributed by atoms with E-state index in [1.165, 1.54) is 5.56 Å². The van der Waals surface area contributed by atoms with Gasteiger partial charge in [-0.3, -0.25) is 9.69 Å². The molecule has 0 aliphatic carbocycles. The quantitative estimate of drug-likeness (QED) is 0.830. The lowest BCUT2D eigenvalue weighted by molar-refractivity contribution is -0.135. The summed E-state index contributed by atoms with van der Waals surface area (Å²) in [5.41, 5.74) is 8.93. The predicted octanol–water partition coefficient (Wildman–Crippen LogP) is 1.95. The molecule has 2 aromatic rings. The summed E-state index contributed by atoms with van der Waals surface area (Å²) in [4.78, 5) is 17.4. The van der Waals surface area contributed by atoms with Crippen LogP contribution in [0.1, 0.15) is 23.6 Å². The number of benzene rings is 2. The second-order valence-electron chi connectivity index (χ2n) is 7.49. The van der Waals surface area contributed by atoms with Crippen molar-refractivity contribution in [3.63, 3.8) is 0 Å². The van der Waals surface area contributed by atoms with Crippen molar-refractivity contribution in [2.75, 3.05) is 33.3 Å². The molecule has 0 saturated carbocycles. The van der Waals surface area contributed by atoms with Crippen LogP contribution in [0, 0.1) is 0 Å². The number of nitrogens with zero attached hydrogens (tertiary/aromatic N) is 2. The Morgan fingerprint density at radius 3 is 2.57 bits per heavy atom. The van der Waals surface area contributed by atoms with Crippen LogP contribution in [0.15, 0.2) is 54.6 Å². The molecule has 6 heteroatoms. The van der Waals surface area contributed by atoms with Gasteiger partial charge in [-0.1, -0.05) is 42.5 Å². The zero-order valence-electron chi connectivity index (χ0n) is 16.3. The topological polar surface area (TPSA) is 56.8 Å². The largest absolute Gasteiger partial charge is 0.497 e. The first-order chi connectivity index (χ1) is 13.7. The van der Waals surface area contributed by atoms with Crippen molar-refractivity contribution in [2.24, 2.45) is 0 Å². The summed E-state index contributed by atoms with van der Waals surface area (Å²) in [6.45, 7) is 4.35. The molecule has 1 amide bonds. The number of hydrogen-bond acceptors (Lipinski definition) is 5. The second kappa shape index (κ2) is 8.73. The molecule has 2 atom stereocenters. The van der Waals surface area contributed by atoms with Gasteiger partial charge in [-0.25, -0.2) is 10.9 Å². The zero-order valence-corrected chi connectivity index (χ0v) is 16.3. The Kier molecular flexibility index (Phi) is 5.90. The van der Waals surface area contributed by atoms with Crippen molar-refractivity contribution in [3.8, 4) is 5.75 Å². The number of amides is 1. The van der Waals surface area contributed by atoms with Gasteiger partial charge in [0.25, 0.3) is 0 Å². The highest BCUT2D eigenvalue weighted by Gasteiger charge is 2.34. The van der Waals surface area contributed by atoms with Crippen molar-refractivity contribution in [2.45, 2.75) is 25.0 Å². The Labute approximate surface area is 166 Å². The number of carbonyl (C=O) groups is 1. The Morgan fingerprint density at radius 2 is 1.82 bits per heavy atom. The van der Waals surface area contributed by atoms with Gasteiger partial charge in [-0.15, -0.1) is 0 Å². The normalized spacial score (nSPS) is 23.0. The first kappa shape index (κ1) is 18.9. The van der Waals surface area contributed by atoms with E-state index in [-0.39, 0.29) is 18.0 Å². The first-order valence-corrected chi connectivity index (χ1v) is 9.93. The molecule has 2 N–H and O–H groups in total. The van der Waals surface area contributed by atoms with E-state index in [1.54, 1.807) is 7.11 Å². The number of nitrogens with one attached hydrogen (secondary N) is 2. The summed E-state index contributed by atoms with van der Waals surface area (Å²) in [5.74, 6) is 1.03. The number of methoxy groups -OCH3 is 1. The van der Waals surface area contributed by atoms with E-state index < -0.39 is 0 Å². The third-order valence-electron chi connectivity index (χ3n) is 5.63. The van der Waals surface area contributed by atoms with Gasteiger partial charge in [-0.2, -0.15) is 0 Å². The molecular weight excluding hydrogens is 352 g/mol. The predicted molar refractivity (Wildman–Crippen MR) is 109 cm³/mol. The highest BCUT2D eigenvalue weighted by atomic mass is 16.5. The maximum atomic E-state index is 12.9. The van der Waals surface area contributed by atoms with Crippen molar-refractivity contribution in [1.82, 2.24) is 20.7 Å². The average Bonchev–Trinajstić information content (AvgIpc) is 3.25. The van der Waals surface area contributed by atoms with Crippen LogP contribution >= 0.6 is 0 Å². The van der Waals surface area contributed by atoms with Crippen LogP contribution in [0.5, 0.6) is 5.75 Å². The number of piperazine rings is 1. The fourth-order valence-electron chi connectivity index (χ4n) is 3.98. The summed E-state index contributed by atoms with van der Waals surface area (Å²) < 4.78 is 5.31. The van der Waals surface area contributed by atoms with Gasteiger partial charge < -0.3 is 9.64 Å². The monoisotopic (exact) mass is 380 g/mol. The molecule has 28 heavy (non-hydrogen) atoms. The van der Waals surface area contributed by atoms with Gasteiger partial charge in [-0.05, 0) is 29.7 Å². The smallest absolute Gasteiger partial charge is 0.241 e.